The molecular weight excluding hydrogens is 518 g/mol. The second-order valence-electron chi connectivity index (χ2n) is 8.92. The molecule has 1 aliphatic rings. The summed E-state index contributed by atoms with van der Waals surface area (Å²) in [5.41, 5.74) is 5.42. The number of amides is 2. The highest BCUT2D eigenvalue weighted by atomic mass is 35.5. The summed E-state index contributed by atoms with van der Waals surface area (Å²) in [6.45, 7) is 1.81. The fourth-order valence-corrected chi connectivity index (χ4v) is 4.66. The monoisotopic (exact) mass is 543 g/mol. The number of anilines is 1. The van der Waals surface area contributed by atoms with Crippen LogP contribution in [-0.4, -0.2) is 24.6 Å². The SMILES string of the molecule is COc1ccccc1C(=O)N/N=C1\CCCc2oc(C(=O)Nc3cc(Cl)ccc3Oc3ccccc3)c(C)c21. The number of carbonyl (C=O) groups is 2. The lowest BCUT2D eigenvalue weighted by Crippen LogP contribution is -2.22. The highest BCUT2D eigenvalue weighted by molar-refractivity contribution is 6.31. The molecule has 0 saturated carbocycles. The maximum Gasteiger partial charge on any atom is 0.291 e. The van der Waals surface area contributed by atoms with Gasteiger partial charge in [0.2, 0.25) is 0 Å². The lowest BCUT2D eigenvalue weighted by molar-refractivity contribution is 0.0950. The molecule has 2 amide bonds. The van der Waals surface area contributed by atoms with Crippen molar-refractivity contribution in [3.63, 3.8) is 0 Å². The number of aryl methyl sites for hydroxylation is 1. The average Bonchev–Trinajstić information content (AvgIpc) is 3.30. The van der Waals surface area contributed by atoms with Crippen molar-refractivity contribution in [3.8, 4) is 17.2 Å². The zero-order valence-corrected chi connectivity index (χ0v) is 22.2. The third-order valence-electron chi connectivity index (χ3n) is 6.34. The fraction of sp³-hybridized carbons (Fsp3) is 0.167. The highest BCUT2D eigenvalue weighted by Gasteiger charge is 2.28. The average molecular weight is 544 g/mol. The van der Waals surface area contributed by atoms with Crippen molar-refractivity contribution < 1.29 is 23.5 Å². The van der Waals surface area contributed by atoms with Gasteiger partial charge in [-0.3, -0.25) is 9.59 Å². The number of benzene rings is 3. The number of furan rings is 1. The normalized spacial score (nSPS) is 13.5. The molecule has 0 spiro atoms. The molecule has 8 nitrogen and oxygen atoms in total. The van der Waals surface area contributed by atoms with E-state index in [-0.39, 0.29) is 5.76 Å². The minimum absolute atomic E-state index is 0.163. The van der Waals surface area contributed by atoms with E-state index in [0.717, 1.165) is 12.0 Å². The summed E-state index contributed by atoms with van der Waals surface area (Å²) in [7, 11) is 1.51. The van der Waals surface area contributed by atoms with Crippen LogP contribution in [0.15, 0.2) is 82.3 Å². The molecule has 9 heteroatoms. The fourth-order valence-electron chi connectivity index (χ4n) is 4.49. The Labute approximate surface area is 230 Å². The molecule has 4 aromatic rings. The maximum absolute atomic E-state index is 13.4. The Morgan fingerprint density at radius 2 is 1.72 bits per heavy atom. The zero-order chi connectivity index (χ0) is 27.4. The number of hydrogen-bond donors (Lipinski definition) is 2. The number of para-hydroxylation sites is 2. The van der Waals surface area contributed by atoms with Crippen molar-refractivity contribution in [2.45, 2.75) is 26.2 Å². The predicted octanol–water partition coefficient (Wildman–Crippen LogP) is 6.77. The first-order valence-electron chi connectivity index (χ1n) is 12.4. The van der Waals surface area contributed by atoms with Crippen molar-refractivity contribution in [2.75, 3.05) is 12.4 Å². The van der Waals surface area contributed by atoms with Crippen molar-refractivity contribution in [1.82, 2.24) is 5.43 Å². The van der Waals surface area contributed by atoms with Gasteiger partial charge in [-0.15, -0.1) is 0 Å². The molecule has 2 N–H and O–H groups in total. The van der Waals surface area contributed by atoms with Gasteiger partial charge in [-0.1, -0.05) is 41.9 Å². The van der Waals surface area contributed by atoms with Crippen molar-refractivity contribution in [1.29, 1.82) is 0 Å². The van der Waals surface area contributed by atoms with Crippen LogP contribution < -0.4 is 20.2 Å². The van der Waals surface area contributed by atoms with Crippen LogP contribution in [0.5, 0.6) is 17.2 Å². The molecule has 198 valence electrons. The number of ether oxygens (including phenoxy) is 2. The molecule has 0 atom stereocenters. The van der Waals surface area contributed by atoms with Gasteiger partial charge in [-0.25, -0.2) is 5.43 Å². The van der Waals surface area contributed by atoms with Gasteiger partial charge < -0.3 is 19.2 Å². The quantitative estimate of drug-likeness (QED) is 0.251. The lowest BCUT2D eigenvalue weighted by atomic mass is 9.93. The summed E-state index contributed by atoms with van der Waals surface area (Å²) in [4.78, 5) is 26.1. The number of methoxy groups -OCH3 is 1. The third-order valence-corrected chi connectivity index (χ3v) is 6.57. The molecule has 39 heavy (non-hydrogen) atoms. The molecule has 1 aromatic heterocycles. The first-order valence-corrected chi connectivity index (χ1v) is 12.8. The van der Waals surface area contributed by atoms with E-state index >= 15 is 0 Å². The Morgan fingerprint density at radius 1 is 0.949 bits per heavy atom. The molecule has 0 aliphatic heterocycles. The van der Waals surface area contributed by atoms with Crippen molar-refractivity contribution >= 4 is 34.8 Å². The van der Waals surface area contributed by atoms with Crippen LogP contribution in [0.3, 0.4) is 0 Å². The minimum atomic E-state index is -0.445. The molecule has 0 bridgehead atoms. The van der Waals surface area contributed by atoms with E-state index < -0.39 is 11.8 Å². The highest BCUT2D eigenvalue weighted by Crippen LogP contribution is 2.34. The Balaban J connectivity index is 1.39. The van der Waals surface area contributed by atoms with E-state index in [1.54, 1.807) is 49.4 Å². The zero-order valence-electron chi connectivity index (χ0n) is 21.4. The third kappa shape index (κ3) is 5.66. The molecule has 0 unspecified atom stereocenters. The van der Waals surface area contributed by atoms with Crippen LogP contribution >= 0.6 is 11.6 Å². The van der Waals surface area contributed by atoms with Gasteiger partial charge in [0.1, 0.15) is 17.3 Å². The first kappa shape index (κ1) is 26.1. The van der Waals surface area contributed by atoms with Crippen molar-refractivity contribution in [2.24, 2.45) is 5.10 Å². The largest absolute Gasteiger partial charge is 0.496 e. The number of hydrogen-bond acceptors (Lipinski definition) is 6. The minimum Gasteiger partial charge on any atom is -0.496 e. The van der Waals surface area contributed by atoms with Gasteiger partial charge in [-0.05, 0) is 62.2 Å². The Morgan fingerprint density at radius 3 is 2.51 bits per heavy atom. The maximum atomic E-state index is 13.4. The number of carbonyl (C=O) groups excluding carboxylic acids is 2. The van der Waals surface area contributed by atoms with E-state index in [0.29, 0.717) is 63.4 Å². The Bertz CT molecular complexity index is 1560. The second-order valence-corrected chi connectivity index (χ2v) is 9.35. The number of rotatable bonds is 7. The second kappa shape index (κ2) is 11.4. The molecule has 0 saturated heterocycles. The molecule has 3 aromatic carbocycles. The van der Waals surface area contributed by atoms with E-state index in [4.69, 9.17) is 25.5 Å². The van der Waals surface area contributed by atoms with Gasteiger partial charge in [0, 0.05) is 22.6 Å². The summed E-state index contributed by atoms with van der Waals surface area (Å²) in [6.07, 6.45) is 2.06. The summed E-state index contributed by atoms with van der Waals surface area (Å²) >= 11 is 6.22. The van der Waals surface area contributed by atoms with E-state index in [9.17, 15) is 9.59 Å². The van der Waals surface area contributed by atoms with Crippen molar-refractivity contribution in [3.05, 3.63) is 106 Å². The Hall–Kier alpha value is -4.56. The van der Waals surface area contributed by atoms with E-state index in [2.05, 4.69) is 15.8 Å². The van der Waals surface area contributed by atoms with E-state index in [1.807, 2.05) is 30.3 Å². The van der Waals surface area contributed by atoms with Crippen LogP contribution in [0, 0.1) is 6.92 Å². The number of halogens is 1. The summed E-state index contributed by atoms with van der Waals surface area (Å²) in [5, 5.41) is 7.72. The molecule has 0 fully saturated rings. The topological polar surface area (TPSA) is 102 Å². The lowest BCUT2D eigenvalue weighted by Gasteiger charge is -2.14. The molecule has 0 radical (unpaired) electrons. The van der Waals surface area contributed by atoms with Crippen LogP contribution in [0.2, 0.25) is 5.02 Å². The van der Waals surface area contributed by atoms with Gasteiger partial charge in [0.25, 0.3) is 11.8 Å². The van der Waals surface area contributed by atoms with Gasteiger partial charge >= 0.3 is 0 Å². The van der Waals surface area contributed by atoms with Gasteiger partial charge in [0.15, 0.2) is 11.5 Å². The van der Waals surface area contributed by atoms with E-state index in [1.165, 1.54) is 7.11 Å². The predicted molar refractivity (Wildman–Crippen MR) is 149 cm³/mol. The van der Waals surface area contributed by atoms with Gasteiger partial charge in [0.05, 0.1) is 24.1 Å². The number of fused-ring (bicyclic) bond motifs is 1. The first-order chi connectivity index (χ1) is 18.9. The standard InChI is InChI=1S/C30H26ClN3O5/c1-18-27-22(33-34-29(35)21-11-6-7-13-24(21)37-2)12-8-14-26(27)39-28(18)30(36)32-23-17-19(31)15-16-25(23)38-20-9-4-3-5-10-20/h3-7,9-11,13,15-17H,8,12,14H2,1-2H3,(H,32,36)(H,34,35)/b33-22+. The smallest absolute Gasteiger partial charge is 0.291 e. The molecule has 1 aliphatic carbocycles. The Kier molecular flexibility index (Phi) is 7.65. The molecule has 1 heterocycles. The van der Waals surface area contributed by atoms with Crippen LogP contribution in [-0.2, 0) is 6.42 Å². The van der Waals surface area contributed by atoms with Crippen LogP contribution in [0.1, 0.15) is 50.6 Å². The number of nitrogens with zero attached hydrogens (tertiary/aromatic N) is 1. The summed E-state index contributed by atoms with van der Waals surface area (Å²) in [6, 6.07) is 21.2. The molecular formula is C30H26ClN3O5. The number of nitrogens with one attached hydrogen (secondary N) is 2. The summed E-state index contributed by atoms with van der Waals surface area (Å²) < 4.78 is 17.3. The van der Waals surface area contributed by atoms with Crippen LogP contribution in [0.25, 0.3) is 0 Å². The summed E-state index contributed by atoms with van der Waals surface area (Å²) in [5.74, 6) is 1.50. The number of hydrazone groups is 1. The van der Waals surface area contributed by atoms with Gasteiger partial charge in [-0.2, -0.15) is 5.10 Å². The molecule has 5 rings (SSSR count). The van der Waals surface area contributed by atoms with Crippen LogP contribution in [0.4, 0.5) is 5.69 Å².